The van der Waals surface area contributed by atoms with Gasteiger partial charge in [0.25, 0.3) is 0 Å². The standard InChI is InChI=1S/C15H19N3O/c1-11-13-4-2-3-5-14(13)15(18-17-11)16-8-6-12-7-9-19-10-12/h2-5,12H,6-10H2,1H3,(H,16,18). The van der Waals surface area contributed by atoms with Crippen molar-refractivity contribution in [3.05, 3.63) is 30.0 Å². The molecule has 1 aliphatic rings. The normalized spacial score (nSPS) is 18.9. The zero-order valence-electron chi connectivity index (χ0n) is 11.2. The van der Waals surface area contributed by atoms with Crippen LogP contribution in [0.1, 0.15) is 18.5 Å². The first-order chi connectivity index (χ1) is 9.34. The topological polar surface area (TPSA) is 47.0 Å². The monoisotopic (exact) mass is 257 g/mol. The van der Waals surface area contributed by atoms with Crippen molar-refractivity contribution in [3.8, 4) is 0 Å². The molecule has 4 heteroatoms. The molecule has 1 aromatic heterocycles. The van der Waals surface area contributed by atoms with Crippen LogP contribution < -0.4 is 5.32 Å². The van der Waals surface area contributed by atoms with Gasteiger partial charge in [0.05, 0.1) is 5.69 Å². The molecule has 1 N–H and O–H groups in total. The third-order valence-corrected chi connectivity index (χ3v) is 3.74. The number of ether oxygens (including phenoxy) is 1. The Bertz CT molecular complexity index is 564. The number of rotatable bonds is 4. The average Bonchev–Trinajstić information content (AvgIpc) is 2.95. The largest absolute Gasteiger partial charge is 0.381 e. The third kappa shape index (κ3) is 2.68. The average molecular weight is 257 g/mol. The molecule has 1 saturated heterocycles. The number of hydrogen-bond donors (Lipinski definition) is 1. The molecule has 0 amide bonds. The lowest BCUT2D eigenvalue weighted by molar-refractivity contribution is 0.185. The molecule has 1 unspecified atom stereocenters. The molecule has 0 spiro atoms. The summed E-state index contributed by atoms with van der Waals surface area (Å²) in [4.78, 5) is 0. The van der Waals surface area contributed by atoms with Crippen molar-refractivity contribution >= 4 is 16.6 Å². The Balaban J connectivity index is 1.72. The summed E-state index contributed by atoms with van der Waals surface area (Å²) < 4.78 is 5.39. The lowest BCUT2D eigenvalue weighted by Gasteiger charge is -2.11. The Morgan fingerprint density at radius 1 is 1.26 bits per heavy atom. The summed E-state index contributed by atoms with van der Waals surface area (Å²) in [7, 11) is 0. The fourth-order valence-corrected chi connectivity index (χ4v) is 2.57. The van der Waals surface area contributed by atoms with Gasteiger partial charge in [-0.25, -0.2) is 0 Å². The number of hydrogen-bond acceptors (Lipinski definition) is 4. The van der Waals surface area contributed by atoms with Gasteiger partial charge in [0.2, 0.25) is 0 Å². The minimum absolute atomic E-state index is 0.692. The third-order valence-electron chi connectivity index (χ3n) is 3.74. The van der Waals surface area contributed by atoms with Gasteiger partial charge >= 0.3 is 0 Å². The number of aryl methyl sites for hydroxylation is 1. The molecule has 2 aromatic rings. The second kappa shape index (κ2) is 5.53. The van der Waals surface area contributed by atoms with E-state index in [-0.39, 0.29) is 0 Å². The van der Waals surface area contributed by atoms with Crippen molar-refractivity contribution in [2.24, 2.45) is 5.92 Å². The first-order valence-electron chi connectivity index (χ1n) is 6.88. The van der Waals surface area contributed by atoms with E-state index in [2.05, 4.69) is 27.6 Å². The first kappa shape index (κ1) is 12.4. The van der Waals surface area contributed by atoms with Gasteiger partial charge in [-0.2, -0.15) is 5.10 Å². The number of benzene rings is 1. The minimum atomic E-state index is 0.692. The number of fused-ring (bicyclic) bond motifs is 1. The molecule has 0 radical (unpaired) electrons. The Morgan fingerprint density at radius 3 is 2.89 bits per heavy atom. The van der Waals surface area contributed by atoms with Crippen molar-refractivity contribution in [3.63, 3.8) is 0 Å². The quantitative estimate of drug-likeness (QED) is 0.915. The summed E-state index contributed by atoms with van der Waals surface area (Å²) in [6, 6.07) is 8.27. The van der Waals surface area contributed by atoms with Crippen LogP contribution in [0.3, 0.4) is 0 Å². The van der Waals surface area contributed by atoms with Gasteiger partial charge in [-0.3, -0.25) is 0 Å². The van der Waals surface area contributed by atoms with E-state index < -0.39 is 0 Å². The Kier molecular flexibility index (Phi) is 3.60. The van der Waals surface area contributed by atoms with E-state index in [4.69, 9.17) is 4.74 Å². The fraction of sp³-hybridized carbons (Fsp3) is 0.467. The van der Waals surface area contributed by atoms with Crippen molar-refractivity contribution in [1.82, 2.24) is 10.2 Å². The van der Waals surface area contributed by atoms with E-state index in [1.165, 1.54) is 11.8 Å². The molecule has 0 aliphatic carbocycles. The van der Waals surface area contributed by atoms with Crippen LogP contribution in [0.5, 0.6) is 0 Å². The predicted molar refractivity (Wildman–Crippen MR) is 76.3 cm³/mol. The number of aromatic nitrogens is 2. The molecule has 0 saturated carbocycles. The molecule has 0 bridgehead atoms. The van der Waals surface area contributed by atoms with Crippen LogP contribution in [-0.4, -0.2) is 30.0 Å². The molecule has 1 aliphatic heterocycles. The van der Waals surface area contributed by atoms with Crippen molar-refractivity contribution < 1.29 is 4.74 Å². The zero-order chi connectivity index (χ0) is 13.1. The number of nitrogens with one attached hydrogen (secondary N) is 1. The highest BCUT2D eigenvalue weighted by Gasteiger charge is 2.15. The van der Waals surface area contributed by atoms with Gasteiger partial charge in [-0.15, -0.1) is 5.10 Å². The fourth-order valence-electron chi connectivity index (χ4n) is 2.57. The van der Waals surface area contributed by atoms with E-state index in [0.717, 1.165) is 43.1 Å². The second-order valence-electron chi connectivity index (χ2n) is 5.12. The zero-order valence-corrected chi connectivity index (χ0v) is 11.2. The van der Waals surface area contributed by atoms with E-state index >= 15 is 0 Å². The Morgan fingerprint density at radius 2 is 2.11 bits per heavy atom. The van der Waals surface area contributed by atoms with Crippen molar-refractivity contribution in [2.45, 2.75) is 19.8 Å². The van der Waals surface area contributed by atoms with Gasteiger partial charge in [0, 0.05) is 30.5 Å². The molecule has 1 fully saturated rings. The second-order valence-corrected chi connectivity index (χ2v) is 5.12. The van der Waals surface area contributed by atoms with Crippen LogP contribution in [0.2, 0.25) is 0 Å². The van der Waals surface area contributed by atoms with Crippen LogP contribution in [0, 0.1) is 12.8 Å². The van der Waals surface area contributed by atoms with Gasteiger partial charge in [0.1, 0.15) is 0 Å². The summed E-state index contributed by atoms with van der Waals surface area (Å²) in [5, 5.41) is 14.2. The van der Waals surface area contributed by atoms with Gasteiger partial charge in [-0.1, -0.05) is 24.3 Å². The predicted octanol–water partition coefficient (Wildman–Crippen LogP) is 2.78. The maximum Gasteiger partial charge on any atom is 0.156 e. The number of anilines is 1. The maximum absolute atomic E-state index is 5.39. The molecule has 2 heterocycles. The lowest BCUT2D eigenvalue weighted by atomic mass is 10.1. The van der Waals surface area contributed by atoms with Crippen LogP contribution >= 0.6 is 0 Å². The maximum atomic E-state index is 5.39. The summed E-state index contributed by atoms with van der Waals surface area (Å²) in [5.41, 5.74) is 0.977. The van der Waals surface area contributed by atoms with Crippen LogP contribution in [0.15, 0.2) is 24.3 Å². The lowest BCUT2D eigenvalue weighted by Crippen LogP contribution is -2.10. The summed E-state index contributed by atoms with van der Waals surface area (Å²) >= 11 is 0. The van der Waals surface area contributed by atoms with Crippen molar-refractivity contribution in [2.75, 3.05) is 25.1 Å². The first-order valence-corrected chi connectivity index (χ1v) is 6.88. The molecular weight excluding hydrogens is 238 g/mol. The molecule has 4 nitrogen and oxygen atoms in total. The highest BCUT2D eigenvalue weighted by atomic mass is 16.5. The highest BCUT2D eigenvalue weighted by Crippen LogP contribution is 2.23. The van der Waals surface area contributed by atoms with Crippen molar-refractivity contribution in [1.29, 1.82) is 0 Å². The molecule has 100 valence electrons. The van der Waals surface area contributed by atoms with Gasteiger partial charge in [0.15, 0.2) is 5.82 Å². The molecule has 1 atom stereocenters. The summed E-state index contributed by atoms with van der Waals surface area (Å²) in [6.45, 7) is 4.74. The smallest absolute Gasteiger partial charge is 0.156 e. The van der Waals surface area contributed by atoms with E-state index in [1.807, 2.05) is 19.1 Å². The molecule has 19 heavy (non-hydrogen) atoms. The number of nitrogens with zero attached hydrogens (tertiary/aromatic N) is 2. The Hall–Kier alpha value is -1.68. The van der Waals surface area contributed by atoms with E-state index in [0.29, 0.717) is 5.92 Å². The molecule has 3 rings (SSSR count). The SMILES string of the molecule is Cc1nnc(NCCC2CCOC2)c2ccccc12. The van der Waals surface area contributed by atoms with Crippen LogP contribution in [0.4, 0.5) is 5.82 Å². The van der Waals surface area contributed by atoms with E-state index in [9.17, 15) is 0 Å². The van der Waals surface area contributed by atoms with Gasteiger partial charge in [-0.05, 0) is 25.7 Å². The van der Waals surface area contributed by atoms with Crippen LogP contribution in [0.25, 0.3) is 10.8 Å². The minimum Gasteiger partial charge on any atom is -0.381 e. The summed E-state index contributed by atoms with van der Waals surface area (Å²) in [5.74, 6) is 1.58. The van der Waals surface area contributed by atoms with Crippen LogP contribution in [-0.2, 0) is 4.74 Å². The molecule has 1 aromatic carbocycles. The summed E-state index contributed by atoms with van der Waals surface area (Å²) in [6.07, 6.45) is 2.31. The Labute approximate surface area is 113 Å². The highest BCUT2D eigenvalue weighted by molar-refractivity contribution is 5.92. The van der Waals surface area contributed by atoms with E-state index in [1.54, 1.807) is 0 Å². The van der Waals surface area contributed by atoms with Gasteiger partial charge < -0.3 is 10.1 Å². The molecular formula is C15H19N3O.